The van der Waals surface area contributed by atoms with E-state index in [1.807, 2.05) is 13.0 Å². The molecule has 1 unspecified atom stereocenters. The number of aryl methyl sites for hydroxylation is 2. The highest BCUT2D eigenvalue weighted by atomic mass is 35.5. The molecule has 0 aromatic carbocycles. The van der Waals surface area contributed by atoms with Crippen LogP contribution in [0.5, 0.6) is 0 Å². The van der Waals surface area contributed by atoms with Gasteiger partial charge >= 0.3 is 0 Å². The van der Waals surface area contributed by atoms with Crippen molar-refractivity contribution in [1.29, 1.82) is 0 Å². The summed E-state index contributed by atoms with van der Waals surface area (Å²) in [7, 11) is 0. The van der Waals surface area contributed by atoms with Crippen LogP contribution < -0.4 is 5.32 Å². The number of piperidine rings is 1. The van der Waals surface area contributed by atoms with E-state index in [4.69, 9.17) is 0 Å². The van der Waals surface area contributed by atoms with Gasteiger partial charge in [-0.05, 0) is 44.2 Å². The van der Waals surface area contributed by atoms with Gasteiger partial charge in [0.25, 0.3) is 0 Å². The van der Waals surface area contributed by atoms with Gasteiger partial charge < -0.3 is 5.32 Å². The minimum absolute atomic E-state index is 0. The summed E-state index contributed by atoms with van der Waals surface area (Å²) in [6.45, 7) is 9.66. The van der Waals surface area contributed by atoms with Crippen molar-refractivity contribution in [1.82, 2.24) is 4.90 Å². The quantitative estimate of drug-likeness (QED) is 0.858. The fourth-order valence-corrected chi connectivity index (χ4v) is 3.44. The zero-order chi connectivity index (χ0) is 13.8. The molecule has 1 aromatic heterocycles. The van der Waals surface area contributed by atoms with Crippen molar-refractivity contribution < 1.29 is 4.79 Å². The summed E-state index contributed by atoms with van der Waals surface area (Å²) >= 11 is 1.69. The van der Waals surface area contributed by atoms with Crippen molar-refractivity contribution >= 4 is 35.3 Å². The van der Waals surface area contributed by atoms with Crippen LogP contribution in [0.25, 0.3) is 0 Å². The molecule has 1 aliphatic rings. The normalized spacial score (nSPS) is 19.2. The molecule has 0 bridgehead atoms. The number of carbonyl (C=O) groups is 1. The number of nitrogens with one attached hydrogen (secondary N) is 1. The summed E-state index contributed by atoms with van der Waals surface area (Å²) < 4.78 is 0. The SMILES string of the molecule is C=CCN1CCCCC1C(=O)Nc1c(C)csc1C.Cl. The molecule has 0 aliphatic carbocycles. The molecular formula is C15H23ClN2OS. The maximum atomic E-state index is 12.5. The number of nitrogens with zero attached hydrogens (tertiary/aromatic N) is 1. The highest BCUT2D eigenvalue weighted by Gasteiger charge is 2.28. The Labute approximate surface area is 131 Å². The van der Waals surface area contributed by atoms with Crippen molar-refractivity contribution in [3.63, 3.8) is 0 Å². The lowest BCUT2D eigenvalue weighted by Crippen LogP contribution is -2.47. The second-order valence-electron chi connectivity index (χ2n) is 5.13. The van der Waals surface area contributed by atoms with Gasteiger partial charge in [0.2, 0.25) is 5.91 Å². The molecule has 2 heterocycles. The number of rotatable bonds is 4. The number of likely N-dealkylation sites (tertiary alicyclic amines) is 1. The number of anilines is 1. The van der Waals surface area contributed by atoms with E-state index in [9.17, 15) is 4.79 Å². The zero-order valence-electron chi connectivity index (χ0n) is 12.1. The van der Waals surface area contributed by atoms with Gasteiger partial charge in [0.15, 0.2) is 0 Å². The molecule has 1 amide bonds. The van der Waals surface area contributed by atoms with Crippen molar-refractivity contribution in [2.45, 2.75) is 39.2 Å². The molecule has 20 heavy (non-hydrogen) atoms. The van der Waals surface area contributed by atoms with Gasteiger partial charge in [0.1, 0.15) is 0 Å². The largest absolute Gasteiger partial charge is 0.323 e. The molecule has 1 aliphatic heterocycles. The Morgan fingerprint density at radius 2 is 2.30 bits per heavy atom. The van der Waals surface area contributed by atoms with Gasteiger partial charge in [-0.1, -0.05) is 12.5 Å². The lowest BCUT2D eigenvalue weighted by Gasteiger charge is -2.33. The van der Waals surface area contributed by atoms with Crippen LogP contribution in [0.1, 0.15) is 29.7 Å². The Hall–Kier alpha value is -0.840. The predicted octanol–water partition coefficient (Wildman–Crippen LogP) is 3.77. The van der Waals surface area contributed by atoms with E-state index in [1.54, 1.807) is 11.3 Å². The Morgan fingerprint density at radius 1 is 1.55 bits per heavy atom. The second kappa shape index (κ2) is 7.81. The molecule has 1 aromatic rings. The first kappa shape index (κ1) is 17.2. The van der Waals surface area contributed by atoms with Crippen LogP contribution >= 0.6 is 23.7 Å². The van der Waals surface area contributed by atoms with Crippen molar-refractivity contribution in [3.05, 3.63) is 28.5 Å². The van der Waals surface area contributed by atoms with Gasteiger partial charge in [-0.15, -0.1) is 30.3 Å². The first-order chi connectivity index (χ1) is 9.13. The smallest absolute Gasteiger partial charge is 0.241 e. The van der Waals surface area contributed by atoms with Crippen molar-refractivity contribution in [2.75, 3.05) is 18.4 Å². The van der Waals surface area contributed by atoms with E-state index in [-0.39, 0.29) is 24.4 Å². The van der Waals surface area contributed by atoms with Crippen molar-refractivity contribution in [2.24, 2.45) is 0 Å². The second-order valence-corrected chi connectivity index (χ2v) is 6.22. The summed E-state index contributed by atoms with van der Waals surface area (Å²) in [6.07, 6.45) is 5.13. The highest BCUT2D eigenvalue weighted by Crippen LogP contribution is 2.27. The summed E-state index contributed by atoms with van der Waals surface area (Å²) in [6, 6.07) is -0.00884. The molecular weight excluding hydrogens is 292 g/mol. The predicted molar refractivity (Wildman–Crippen MR) is 89.1 cm³/mol. The molecule has 5 heteroatoms. The molecule has 0 spiro atoms. The summed E-state index contributed by atoms with van der Waals surface area (Å²) in [5.41, 5.74) is 2.15. The van der Waals surface area contributed by atoms with E-state index in [0.717, 1.165) is 37.2 Å². The summed E-state index contributed by atoms with van der Waals surface area (Å²) in [5, 5.41) is 5.20. The fourth-order valence-electron chi connectivity index (χ4n) is 2.64. The summed E-state index contributed by atoms with van der Waals surface area (Å²) in [5.74, 6) is 0.131. The fraction of sp³-hybridized carbons (Fsp3) is 0.533. The minimum atomic E-state index is -0.00884. The number of hydrogen-bond donors (Lipinski definition) is 1. The van der Waals surface area contributed by atoms with E-state index in [2.05, 4.69) is 29.1 Å². The van der Waals surface area contributed by atoms with Crippen LogP contribution in [-0.4, -0.2) is 29.9 Å². The van der Waals surface area contributed by atoms with Gasteiger partial charge in [-0.3, -0.25) is 9.69 Å². The van der Waals surface area contributed by atoms with Crippen molar-refractivity contribution in [3.8, 4) is 0 Å². The molecule has 1 saturated heterocycles. The average Bonchev–Trinajstić information content (AvgIpc) is 2.71. The standard InChI is InChI=1S/C15H22N2OS.ClH/c1-4-8-17-9-6-5-7-13(17)15(18)16-14-11(2)10-19-12(14)3;/h4,10,13H,1,5-9H2,2-3H3,(H,16,18);1H. The van der Waals surface area contributed by atoms with E-state index in [0.29, 0.717) is 0 Å². The Bertz CT molecular complexity index is 453. The zero-order valence-corrected chi connectivity index (χ0v) is 13.8. The number of halogens is 1. The number of carbonyl (C=O) groups excluding carboxylic acids is 1. The van der Waals surface area contributed by atoms with E-state index < -0.39 is 0 Å². The Balaban J connectivity index is 0.00000200. The third-order valence-corrected chi connectivity index (χ3v) is 4.72. The third kappa shape index (κ3) is 3.84. The van der Waals surface area contributed by atoms with Gasteiger partial charge in [0.05, 0.1) is 11.7 Å². The van der Waals surface area contributed by atoms with Gasteiger partial charge in [0, 0.05) is 11.4 Å². The monoisotopic (exact) mass is 314 g/mol. The number of thiophene rings is 1. The first-order valence-corrected chi connectivity index (χ1v) is 7.72. The molecule has 1 atom stereocenters. The van der Waals surface area contributed by atoms with E-state index in [1.165, 1.54) is 11.3 Å². The lowest BCUT2D eigenvalue weighted by atomic mass is 10.0. The molecule has 0 saturated carbocycles. The van der Waals surface area contributed by atoms with Crippen LogP contribution in [0.4, 0.5) is 5.69 Å². The van der Waals surface area contributed by atoms with E-state index >= 15 is 0 Å². The number of hydrogen-bond acceptors (Lipinski definition) is 3. The minimum Gasteiger partial charge on any atom is -0.323 e. The topological polar surface area (TPSA) is 32.3 Å². The maximum absolute atomic E-state index is 12.5. The van der Waals surface area contributed by atoms with Crippen LogP contribution in [0.3, 0.4) is 0 Å². The number of amides is 1. The lowest BCUT2D eigenvalue weighted by molar-refractivity contribution is -0.122. The first-order valence-electron chi connectivity index (χ1n) is 6.84. The van der Waals surface area contributed by atoms with Crippen LogP contribution in [0, 0.1) is 13.8 Å². The molecule has 0 radical (unpaired) electrons. The highest BCUT2D eigenvalue weighted by molar-refractivity contribution is 7.10. The molecule has 2 rings (SSSR count). The molecule has 3 nitrogen and oxygen atoms in total. The average molecular weight is 315 g/mol. The summed E-state index contributed by atoms with van der Waals surface area (Å²) in [4.78, 5) is 15.9. The molecule has 1 N–H and O–H groups in total. The Kier molecular flexibility index (Phi) is 6.72. The van der Waals surface area contributed by atoms with Crippen LogP contribution in [0.2, 0.25) is 0 Å². The molecule has 112 valence electrons. The van der Waals surface area contributed by atoms with Crippen LogP contribution in [-0.2, 0) is 4.79 Å². The molecule has 1 fully saturated rings. The van der Waals surface area contributed by atoms with Crippen LogP contribution in [0.15, 0.2) is 18.0 Å². The maximum Gasteiger partial charge on any atom is 0.241 e. The Morgan fingerprint density at radius 3 is 2.90 bits per heavy atom. The van der Waals surface area contributed by atoms with Gasteiger partial charge in [-0.25, -0.2) is 0 Å². The van der Waals surface area contributed by atoms with Gasteiger partial charge in [-0.2, -0.15) is 0 Å². The third-order valence-electron chi connectivity index (χ3n) is 3.69.